The maximum atomic E-state index is 14.0. The van der Waals surface area contributed by atoms with Crippen molar-refractivity contribution in [1.82, 2.24) is 25.2 Å². The Bertz CT molecular complexity index is 1410. The summed E-state index contributed by atoms with van der Waals surface area (Å²) >= 11 is 6.50. The monoisotopic (exact) mass is 533 g/mol. The van der Waals surface area contributed by atoms with Crippen LogP contribution in [0.25, 0.3) is 11.0 Å². The molecule has 0 unspecified atom stereocenters. The number of halogens is 1. The van der Waals surface area contributed by atoms with E-state index in [1.54, 1.807) is 27.8 Å². The normalized spacial score (nSPS) is 12.2. The van der Waals surface area contributed by atoms with Crippen LogP contribution in [0.3, 0.4) is 0 Å². The van der Waals surface area contributed by atoms with E-state index in [1.807, 2.05) is 82.3 Å². The van der Waals surface area contributed by atoms with E-state index in [0.29, 0.717) is 28.5 Å². The second-order valence-corrected chi connectivity index (χ2v) is 10.4. The molecular formula is C29H32ClN5O3. The second kappa shape index (κ2) is 11.6. The first-order valence-corrected chi connectivity index (χ1v) is 12.9. The van der Waals surface area contributed by atoms with Gasteiger partial charge >= 0.3 is 0 Å². The van der Waals surface area contributed by atoms with Gasteiger partial charge in [0, 0.05) is 17.1 Å². The summed E-state index contributed by atoms with van der Waals surface area (Å²) in [6.45, 7) is 8.18. The molecule has 198 valence electrons. The van der Waals surface area contributed by atoms with Crippen molar-refractivity contribution in [2.45, 2.75) is 52.4 Å². The van der Waals surface area contributed by atoms with E-state index in [1.165, 1.54) is 0 Å². The van der Waals surface area contributed by atoms with Crippen molar-refractivity contribution in [3.8, 4) is 5.75 Å². The zero-order valence-corrected chi connectivity index (χ0v) is 22.8. The van der Waals surface area contributed by atoms with Crippen LogP contribution in [0, 0.1) is 0 Å². The smallest absolute Gasteiger partial charge is 0.247 e. The molecule has 9 heteroatoms. The van der Waals surface area contributed by atoms with Gasteiger partial charge in [-0.3, -0.25) is 9.59 Å². The SMILES string of the molecule is CCOc1ccc([C@H](C(=O)NC(C)(C)C)N(Cc2ccccc2Cl)C(=O)Cn2nnc3ccccc32)cc1. The number of fused-ring (bicyclic) bond motifs is 1. The minimum absolute atomic E-state index is 0.0959. The van der Waals surface area contributed by atoms with Gasteiger partial charge in [-0.05, 0) is 69.2 Å². The molecule has 1 atom stereocenters. The highest BCUT2D eigenvalue weighted by Crippen LogP contribution is 2.29. The number of carbonyl (C=O) groups is 2. The van der Waals surface area contributed by atoms with E-state index in [4.69, 9.17) is 16.3 Å². The number of nitrogens with zero attached hydrogens (tertiary/aromatic N) is 4. The van der Waals surface area contributed by atoms with Gasteiger partial charge in [-0.15, -0.1) is 5.10 Å². The van der Waals surface area contributed by atoms with E-state index in [0.717, 1.165) is 11.1 Å². The lowest BCUT2D eigenvalue weighted by Gasteiger charge is -2.34. The molecule has 1 N–H and O–H groups in total. The first kappa shape index (κ1) is 27.1. The summed E-state index contributed by atoms with van der Waals surface area (Å²) in [6.07, 6.45) is 0. The molecule has 0 saturated carbocycles. The third-order valence-corrected chi connectivity index (χ3v) is 6.26. The summed E-state index contributed by atoms with van der Waals surface area (Å²) < 4.78 is 7.14. The average Bonchev–Trinajstić information content (AvgIpc) is 3.27. The number of aromatic nitrogens is 3. The lowest BCUT2D eigenvalue weighted by Crippen LogP contribution is -2.49. The van der Waals surface area contributed by atoms with Gasteiger partial charge in [-0.25, -0.2) is 4.68 Å². The number of hydrogen-bond donors (Lipinski definition) is 1. The van der Waals surface area contributed by atoms with Gasteiger partial charge in [0.2, 0.25) is 11.8 Å². The van der Waals surface area contributed by atoms with Gasteiger partial charge in [-0.1, -0.05) is 59.3 Å². The Morgan fingerprint density at radius 3 is 2.39 bits per heavy atom. The van der Waals surface area contributed by atoms with Crippen LogP contribution in [0.4, 0.5) is 0 Å². The standard InChI is InChI=1S/C29H32ClN5O3/c1-5-38-22-16-14-20(15-17-22)27(28(37)31-29(2,3)4)34(18-21-10-6-7-11-23(21)30)26(36)19-35-25-13-9-8-12-24(25)32-33-35/h6-17,27H,5,18-19H2,1-4H3,(H,31,37)/t27-/m1/s1. The molecule has 0 saturated heterocycles. The molecule has 0 bridgehead atoms. The zero-order valence-electron chi connectivity index (χ0n) is 22.0. The van der Waals surface area contributed by atoms with Crippen molar-refractivity contribution in [2.24, 2.45) is 0 Å². The number of ether oxygens (including phenoxy) is 1. The van der Waals surface area contributed by atoms with Gasteiger partial charge in [0.15, 0.2) is 0 Å². The lowest BCUT2D eigenvalue weighted by molar-refractivity contribution is -0.142. The van der Waals surface area contributed by atoms with Crippen LogP contribution < -0.4 is 10.1 Å². The molecule has 3 aromatic carbocycles. The first-order chi connectivity index (χ1) is 18.2. The van der Waals surface area contributed by atoms with Crippen molar-refractivity contribution in [3.63, 3.8) is 0 Å². The molecule has 38 heavy (non-hydrogen) atoms. The molecule has 1 heterocycles. The van der Waals surface area contributed by atoms with Crippen LogP contribution in [0.5, 0.6) is 5.75 Å². The van der Waals surface area contributed by atoms with Gasteiger partial charge in [0.25, 0.3) is 0 Å². The first-order valence-electron chi connectivity index (χ1n) is 12.5. The largest absolute Gasteiger partial charge is 0.494 e. The van der Waals surface area contributed by atoms with Gasteiger partial charge in [0.1, 0.15) is 23.9 Å². The lowest BCUT2D eigenvalue weighted by atomic mass is 10.0. The van der Waals surface area contributed by atoms with E-state index >= 15 is 0 Å². The van der Waals surface area contributed by atoms with Crippen molar-refractivity contribution < 1.29 is 14.3 Å². The molecule has 8 nitrogen and oxygen atoms in total. The zero-order chi connectivity index (χ0) is 27.3. The quantitative estimate of drug-likeness (QED) is 0.321. The van der Waals surface area contributed by atoms with Crippen molar-refractivity contribution in [1.29, 1.82) is 0 Å². The Balaban J connectivity index is 1.77. The summed E-state index contributed by atoms with van der Waals surface area (Å²) in [5.74, 6) is 0.0818. The molecule has 4 rings (SSSR count). The Kier molecular flexibility index (Phi) is 8.32. The molecule has 0 radical (unpaired) electrons. The maximum Gasteiger partial charge on any atom is 0.247 e. The topological polar surface area (TPSA) is 89.4 Å². The third kappa shape index (κ3) is 6.50. The predicted octanol–water partition coefficient (Wildman–Crippen LogP) is 5.17. The minimum atomic E-state index is -0.927. The van der Waals surface area contributed by atoms with E-state index < -0.39 is 11.6 Å². The van der Waals surface area contributed by atoms with E-state index in [-0.39, 0.29) is 24.9 Å². The number of rotatable bonds is 9. The predicted molar refractivity (Wildman–Crippen MR) is 148 cm³/mol. The average molecular weight is 534 g/mol. The Hall–Kier alpha value is -3.91. The van der Waals surface area contributed by atoms with Gasteiger partial charge in [0.05, 0.1) is 12.1 Å². The summed E-state index contributed by atoms with van der Waals surface area (Å²) in [5, 5.41) is 11.9. The Morgan fingerprint density at radius 2 is 1.71 bits per heavy atom. The van der Waals surface area contributed by atoms with Crippen LogP contribution in [-0.4, -0.2) is 43.9 Å². The molecule has 0 fully saturated rings. The summed E-state index contributed by atoms with van der Waals surface area (Å²) in [4.78, 5) is 29.4. The fraction of sp³-hybridized carbons (Fsp3) is 0.310. The molecule has 0 aliphatic carbocycles. The molecule has 4 aromatic rings. The highest BCUT2D eigenvalue weighted by molar-refractivity contribution is 6.31. The minimum Gasteiger partial charge on any atom is -0.494 e. The van der Waals surface area contributed by atoms with E-state index in [9.17, 15) is 9.59 Å². The number of carbonyl (C=O) groups excluding carboxylic acids is 2. The molecule has 1 aromatic heterocycles. The second-order valence-electron chi connectivity index (χ2n) is 9.99. The molecule has 0 aliphatic heterocycles. The van der Waals surface area contributed by atoms with Crippen molar-refractivity contribution in [3.05, 3.63) is 88.9 Å². The highest BCUT2D eigenvalue weighted by atomic mass is 35.5. The molecule has 0 spiro atoms. The number of para-hydroxylation sites is 1. The van der Waals surface area contributed by atoms with Crippen molar-refractivity contribution in [2.75, 3.05) is 6.61 Å². The maximum absolute atomic E-state index is 14.0. The van der Waals surface area contributed by atoms with E-state index in [2.05, 4.69) is 15.6 Å². The summed E-state index contributed by atoms with van der Waals surface area (Å²) in [6, 6.07) is 21.1. The van der Waals surface area contributed by atoms with Gasteiger partial charge in [-0.2, -0.15) is 0 Å². The molecule has 2 amide bonds. The number of nitrogens with one attached hydrogen (secondary N) is 1. The Labute approximate surface area is 227 Å². The molecular weight excluding hydrogens is 502 g/mol. The third-order valence-electron chi connectivity index (χ3n) is 5.89. The van der Waals surface area contributed by atoms with Crippen molar-refractivity contribution >= 4 is 34.4 Å². The molecule has 0 aliphatic rings. The fourth-order valence-corrected chi connectivity index (χ4v) is 4.41. The number of hydrogen-bond acceptors (Lipinski definition) is 5. The number of amides is 2. The van der Waals surface area contributed by atoms with Gasteiger partial charge < -0.3 is 15.0 Å². The summed E-state index contributed by atoms with van der Waals surface area (Å²) in [7, 11) is 0. The van der Waals surface area contributed by atoms with Crippen LogP contribution >= 0.6 is 11.6 Å². The van der Waals surface area contributed by atoms with Crippen LogP contribution in [0.1, 0.15) is 44.9 Å². The van der Waals surface area contributed by atoms with Crippen LogP contribution in [-0.2, 0) is 22.7 Å². The Morgan fingerprint density at radius 1 is 1.03 bits per heavy atom. The number of benzene rings is 3. The highest BCUT2D eigenvalue weighted by Gasteiger charge is 2.34. The fourth-order valence-electron chi connectivity index (χ4n) is 4.21. The van der Waals surface area contributed by atoms with Crippen LogP contribution in [0.2, 0.25) is 5.02 Å². The summed E-state index contributed by atoms with van der Waals surface area (Å²) in [5.41, 5.74) is 2.29. The van der Waals surface area contributed by atoms with Crippen LogP contribution in [0.15, 0.2) is 72.8 Å².